The molecule has 7 heteroatoms. The number of benzene rings is 1. The largest absolute Gasteiger partial charge is 0.322 e. The fourth-order valence-electron chi connectivity index (χ4n) is 2.43. The van der Waals surface area contributed by atoms with Crippen molar-refractivity contribution in [3.05, 3.63) is 69.4 Å². The van der Waals surface area contributed by atoms with E-state index in [2.05, 4.69) is 10.3 Å². The van der Waals surface area contributed by atoms with E-state index in [0.717, 1.165) is 6.07 Å². The van der Waals surface area contributed by atoms with Crippen LogP contribution in [-0.2, 0) is 6.54 Å². The molecule has 0 saturated heterocycles. The number of nitrogens with one attached hydrogen (secondary N) is 1. The van der Waals surface area contributed by atoms with Crippen LogP contribution in [0.25, 0.3) is 11.0 Å². The predicted molar refractivity (Wildman–Crippen MR) is 91.0 cm³/mol. The monoisotopic (exact) mass is 345 g/mol. The molecule has 0 radical (unpaired) electrons. The molecular formula is C17H13ClFN3O2. The number of amides is 1. The van der Waals surface area contributed by atoms with Crippen molar-refractivity contribution in [2.24, 2.45) is 0 Å². The van der Waals surface area contributed by atoms with E-state index in [9.17, 15) is 14.0 Å². The minimum atomic E-state index is -0.587. The van der Waals surface area contributed by atoms with Gasteiger partial charge in [-0.2, -0.15) is 0 Å². The van der Waals surface area contributed by atoms with Crippen LogP contribution in [0.15, 0.2) is 47.4 Å². The van der Waals surface area contributed by atoms with Gasteiger partial charge < -0.3 is 5.32 Å². The second-order valence-electron chi connectivity index (χ2n) is 5.11. The van der Waals surface area contributed by atoms with Crippen molar-refractivity contribution < 1.29 is 9.18 Å². The highest BCUT2D eigenvalue weighted by atomic mass is 35.5. The van der Waals surface area contributed by atoms with Crippen LogP contribution in [0.3, 0.4) is 0 Å². The Labute approximate surface area is 141 Å². The van der Waals surface area contributed by atoms with Gasteiger partial charge in [0, 0.05) is 23.8 Å². The van der Waals surface area contributed by atoms with Crippen molar-refractivity contribution in [3.8, 4) is 0 Å². The summed E-state index contributed by atoms with van der Waals surface area (Å²) in [5.41, 5.74) is 0.374. The van der Waals surface area contributed by atoms with Crippen LogP contribution >= 0.6 is 11.6 Å². The summed E-state index contributed by atoms with van der Waals surface area (Å²) >= 11 is 5.70. The lowest BCUT2D eigenvalue weighted by molar-refractivity contribution is 0.102. The van der Waals surface area contributed by atoms with E-state index in [1.165, 1.54) is 22.8 Å². The molecule has 0 saturated carbocycles. The molecule has 1 amide bonds. The first-order valence-electron chi connectivity index (χ1n) is 7.26. The van der Waals surface area contributed by atoms with Crippen LogP contribution < -0.4 is 10.9 Å². The topological polar surface area (TPSA) is 64.0 Å². The molecule has 1 N–H and O–H groups in total. The molecule has 3 rings (SSSR count). The Bertz CT molecular complexity index is 1000. The van der Waals surface area contributed by atoms with Crippen molar-refractivity contribution >= 4 is 34.2 Å². The lowest BCUT2D eigenvalue weighted by atomic mass is 10.2. The first kappa shape index (κ1) is 16.1. The van der Waals surface area contributed by atoms with Crippen molar-refractivity contribution in [2.75, 3.05) is 5.32 Å². The first-order chi connectivity index (χ1) is 11.5. The zero-order valence-electron chi connectivity index (χ0n) is 12.7. The molecule has 0 aliphatic rings. The fourth-order valence-corrected chi connectivity index (χ4v) is 2.62. The van der Waals surface area contributed by atoms with Crippen molar-refractivity contribution in [1.29, 1.82) is 0 Å². The molecule has 0 bridgehead atoms. The number of carbonyl (C=O) groups is 1. The summed E-state index contributed by atoms with van der Waals surface area (Å²) in [6.07, 6.45) is 1.59. The molecule has 1 aromatic carbocycles. The summed E-state index contributed by atoms with van der Waals surface area (Å²) in [5, 5.41) is 3.13. The molecule has 122 valence electrons. The van der Waals surface area contributed by atoms with Crippen LogP contribution in [0.4, 0.5) is 10.1 Å². The van der Waals surface area contributed by atoms with E-state index in [0.29, 0.717) is 23.3 Å². The van der Waals surface area contributed by atoms with E-state index in [4.69, 9.17) is 11.6 Å². The van der Waals surface area contributed by atoms with Gasteiger partial charge in [-0.1, -0.05) is 11.6 Å². The van der Waals surface area contributed by atoms with E-state index in [1.54, 1.807) is 25.3 Å². The number of aromatic nitrogens is 2. The SMILES string of the molecule is CCn1c(=O)c(C(=O)Nc2ccc(F)c(Cl)c2)cc2cccnc21. The maximum atomic E-state index is 13.2. The van der Waals surface area contributed by atoms with Crippen LogP contribution in [0.2, 0.25) is 5.02 Å². The van der Waals surface area contributed by atoms with Gasteiger partial charge in [-0.05, 0) is 43.3 Å². The number of rotatable bonds is 3. The molecule has 2 aromatic heterocycles. The summed E-state index contributed by atoms with van der Waals surface area (Å²) < 4.78 is 14.6. The van der Waals surface area contributed by atoms with E-state index in [1.807, 2.05) is 0 Å². The summed E-state index contributed by atoms with van der Waals surface area (Å²) in [6.45, 7) is 2.19. The number of aryl methyl sites for hydroxylation is 1. The molecule has 5 nitrogen and oxygen atoms in total. The van der Waals surface area contributed by atoms with E-state index >= 15 is 0 Å². The summed E-state index contributed by atoms with van der Waals surface area (Å²) in [6, 6.07) is 8.81. The molecule has 0 unspecified atom stereocenters. The van der Waals surface area contributed by atoms with Crippen molar-refractivity contribution in [1.82, 2.24) is 9.55 Å². The highest BCUT2D eigenvalue weighted by Crippen LogP contribution is 2.20. The summed E-state index contributed by atoms with van der Waals surface area (Å²) in [7, 11) is 0. The zero-order valence-corrected chi connectivity index (χ0v) is 13.5. The van der Waals surface area contributed by atoms with Crippen LogP contribution in [0.1, 0.15) is 17.3 Å². The molecule has 0 aliphatic heterocycles. The van der Waals surface area contributed by atoms with Gasteiger partial charge in [-0.3, -0.25) is 14.2 Å². The molecule has 0 fully saturated rings. The third-order valence-electron chi connectivity index (χ3n) is 3.59. The highest BCUT2D eigenvalue weighted by Gasteiger charge is 2.16. The number of halogens is 2. The van der Waals surface area contributed by atoms with Crippen LogP contribution in [0.5, 0.6) is 0 Å². The third-order valence-corrected chi connectivity index (χ3v) is 3.88. The van der Waals surface area contributed by atoms with E-state index in [-0.39, 0.29) is 10.6 Å². The Hall–Kier alpha value is -2.73. The Kier molecular flexibility index (Phi) is 4.31. The Morgan fingerprint density at radius 1 is 1.33 bits per heavy atom. The molecule has 0 aliphatic carbocycles. The Balaban J connectivity index is 2.05. The lowest BCUT2D eigenvalue weighted by Gasteiger charge is -2.10. The van der Waals surface area contributed by atoms with Gasteiger partial charge in [0.25, 0.3) is 11.5 Å². The lowest BCUT2D eigenvalue weighted by Crippen LogP contribution is -2.29. The smallest absolute Gasteiger partial charge is 0.265 e. The highest BCUT2D eigenvalue weighted by molar-refractivity contribution is 6.31. The fraction of sp³-hybridized carbons (Fsp3) is 0.118. The van der Waals surface area contributed by atoms with Crippen LogP contribution in [0, 0.1) is 5.82 Å². The number of fused-ring (bicyclic) bond motifs is 1. The molecule has 2 heterocycles. The molecule has 0 spiro atoms. The second-order valence-corrected chi connectivity index (χ2v) is 5.51. The number of hydrogen-bond acceptors (Lipinski definition) is 3. The van der Waals surface area contributed by atoms with Crippen molar-refractivity contribution in [2.45, 2.75) is 13.5 Å². The minimum absolute atomic E-state index is 0.0159. The molecule has 3 aromatic rings. The minimum Gasteiger partial charge on any atom is -0.322 e. The van der Waals surface area contributed by atoms with Gasteiger partial charge in [-0.15, -0.1) is 0 Å². The van der Waals surface area contributed by atoms with Gasteiger partial charge in [0.15, 0.2) is 0 Å². The van der Waals surface area contributed by atoms with Crippen molar-refractivity contribution in [3.63, 3.8) is 0 Å². The van der Waals surface area contributed by atoms with Gasteiger partial charge in [0.2, 0.25) is 0 Å². The maximum absolute atomic E-state index is 13.2. The number of carbonyl (C=O) groups excluding carboxylic acids is 1. The maximum Gasteiger partial charge on any atom is 0.265 e. The Morgan fingerprint density at radius 2 is 2.12 bits per heavy atom. The van der Waals surface area contributed by atoms with Gasteiger partial charge >= 0.3 is 0 Å². The first-order valence-corrected chi connectivity index (χ1v) is 7.64. The average molecular weight is 346 g/mol. The van der Waals surface area contributed by atoms with Crippen LogP contribution in [-0.4, -0.2) is 15.5 Å². The third kappa shape index (κ3) is 2.88. The Morgan fingerprint density at radius 3 is 2.83 bits per heavy atom. The number of nitrogens with zero attached hydrogens (tertiary/aromatic N) is 2. The molecular weight excluding hydrogens is 333 g/mol. The number of hydrogen-bond donors (Lipinski definition) is 1. The zero-order chi connectivity index (χ0) is 17.3. The summed E-state index contributed by atoms with van der Waals surface area (Å²) in [4.78, 5) is 29.2. The average Bonchev–Trinajstić information content (AvgIpc) is 2.57. The quantitative estimate of drug-likeness (QED) is 0.790. The summed E-state index contributed by atoms with van der Waals surface area (Å²) in [5.74, 6) is -1.17. The number of pyridine rings is 2. The number of anilines is 1. The van der Waals surface area contributed by atoms with Gasteiger partial charge in [-0.25, -0.2) is 9.37 Å². The van der Waals surface area contributed by atoms with Gasteiger partial charge in [0.05, 0.1) is 5.02 Å². The van der Waals surface area contributed by atoms with E-state index < -0.39 is 17.3 Å². The standard InChI is InChI=1S/C17H13ClFN3O2/c1-2-22-15-10(4-3-7-20-15)8-12(17(22)24)16(23)21-11-5-6-14(19)13(18)9-11/h3-9H,2H2,1H3,(H,21,23). The molecule has 0 atom stereocenters. The second kappa shape index (κ2) is 6.41. The molecule has 24 heavy (non-hydrogen) atoms. The predicted octanol–water partition coefficient (Wildman–Crippen LogP) is 3.46. The van der Waals surface area contributed by atoms with Gasteiger partial charge in [0.1, 0.15) is 17.0 Å². The normalized spacial score (nSPS) is 10.8.